The highest BCUT2D eigenvalue weighted by Gasteiger charge is 2.40. The van der Waals surface area contributed by atoms with Crippen molar-refractivity contribution in [3.63, 3.8) is 0 Å². The molecule has 7 nitrogen and oxygen atoms in total. The van der Waals surface area contributed by atoms with Gasteiger partial charge in [-0.1, -0.05) is 48.2 Å². The Bertz CT molecular complexity index is 1270. The number of rotatable bonds is 8. The summed E-state index contributed by atoms with van der Waals surface area (Å²) in [5, 5.41) is 5.08. The predicted molar refractivity (Wildman–Crippen MR) is 144 cm³/mol. The van der Waals surface area contributed by atoms with Gasteiger partial charge in [0.1, 0.15) is 11.0 Å². The summed E-state index contributed by atoms with van der Waals surface area (Å²) in [7, 11) is 0. The lowest BCUT2D eigenvalue weighted by Gasteiger charge is -2.20. The molecule has 8 heteroatoms. The van der Waals surface area contributed by atoms with Crippen molar-refractivity contribution in [1.82, 2.24) is 4.90 Å². The molecule has 2 atom stereocenters. The van der Waals surface area contributed by atoms with Gasteiger partial charge in [0.2, 0.25) is 11.8 Å². The van der Waals surface area contributed by atoms with Gasteiger partial charge in [0.15, 0.2) is 5.17 Å². The first-order chi connectivity index (χ1) is 17.6. The van der Waals surface area contributed by atoms with Crippen molar-refractivity contribution in [3.8, 4) is 5.75 Å². The normalized spacial score (nSPS) is 20.9. The fourth-order valence-corrected chi connectivity index (χ4v) is 5.65. The van der Waals surface area contributed by atoms with Gasteiger partial charge in [0.25, 0.3) is 0 Å². The van der Waals surface area contributed by atoms with Gasteiger partial charge in [0.05, 0.1) is 24.9 Å². The number of amides is 2. The minimum atomic E-state index is -0.539. The second-order valence-electron chi connectivity index (χ2n) is 8.79. The number of fused-ring (bicyclic) bond motifs is 1. The maximum absolute atomic E-state index is 13.4. The van der Waals surface area contributed by atoms with E-state index in [4.69, 9.17) is 14.5 Å². The number of carbonyl (C=O) groups is 2. The molecular formula is C28H29N3O4S. The molecule has 2 fully saturated rings. The van der Waals surface area contributed by atoms with Crippen LogP contribution >= 0.6 is 11.8 Å². The zero-order valence-electron chi connectivity index (χ0n) is 20.2. The van der Waals surface area contributed by atoms with Crippen LogP contribution in [0.1, 0.15) is 26.2 Å². The lowest BCUT2D eigenvalue weighted by Crippen LogP contribution is -2.38. The third-order valence-corrected chi connectivity index (χ3v) is 7.41. The molecule has 5 rings (SSSR count). The van der Waals surface area contributed by atoms with Crippen LogP contribution in [0.4, 0.5) is 11.4 Å². The zero-order valence-corrected chi connectivity index (χ0v) is 21.0. The van der Waals surface area contributed by atoms with E-state index in [0.717, 1.165) is 40.7 Å². The van der Waals surface area contributed by atoms with Gasteiger partial charge in [-0.3, -0.25) is 14.5 Å². The van der Waals surface area contributed by atoms with Crippen molar-refractivity contribution in [2.75, 3.05) is 25.1 Å². The third kappa shape index (κ3) is 5.55. The summed E-state index contributed by atoms with van der Waals surface area (Å²) in [6.07, 6.45) is 1.96. The predicted octanol–water partition coefficient (Wildman–Crippen LogP) is 5.38. The third-order valence-electron chi connectivity index (χ3n) is 6.24. The average molecular weight is 504 g/mol. The molecule has 3 aromatic rings. The van der Waals surface area contributed by atoms with Crippen molar-refractivity contribution < 1.29 is 19.1 Å². The van der Waals surface area contributed by atoms with E-state index in [0.29, 0.717) is 24.9 Å². The Balaban J connectivity index is 1.33. The zero-order chi connectivity index (χ0) is 24.9. The number of hydrogen-bond donors (Lipinski definition) is 1. The molecule has 0 bridgehead atoms. The smallest absolute Gasteiger partial charge is 0.242 e. The molecule has 2 aliphatic heterocycles. The van der Waals surface area contributed by atoms with Crippen molar-refractivity contribution in [2.24, 2.45) is 4.99 Å². The molecule has 2 heterocycles. The fraction of sp³-hybridized carbons (Fsp3) is 0.321. The maximum Gasteiger partial charge on any atom is 0.242 e. The molecule has 0 aromatic heterocycles. The van der Waals surface area contributed by atoms with Crippen LogP contribution in [0.15, 0.2) is 71.7 Å². The van der Waals surface area contributed by atoms with Gasteiger partial charge in [-0.15, -0.1) is 0 Å². The van der Waals surface area contributed by atoms with E-state index >= 15 is 0 Å². The Morgan fingerprint density at radius 3 is 2.72 bits per heavy atom. The van der Waals surface area contributed by atoms with E-state index in [2.05, 4.69) is 5.32 Å². The van der Waals surface area contributed by atoms with Gasteiger partial charge in [-0.2, -0.15) is 0 Å². The molecule has 0 aliphatic carbocycles. The molecule has 2 amide bonds. The van der Waals surface area contributed by atoms with E-state index in [1.807, 2.05) is 73.7 Å². The summed E-state index contributed by atoms with van der Waals surface area (Å²) in [6.45, 7) is 3.69. The van der Waals surface area contributed by atoms with Gasteiger partial charge in [-0.25, -0.2) is 4.99 Å². The molecule has 3 aromatic carbocycles. The number of hydrogen-bond acceptors (Lipinski definition) is 6. The van der Waals surface area contributed by atoms with Gasteiger partial charge >= 0.3 is 0 Å². The first kappa shape index (κ1) is 24.3. The summed E-state index contributed by atoms with van der Waals surface area (Å²) in [6, 6.07) is 21.2. The first-order valence-corrected chi connectivity index (χ1v) is 13.2. The number of amidine groups is 1. The summed E-state index contributed by atoms with van der Waals surface area (Å²) >= 11 is 1.34. The topological polar surface area (TPSA) is 80.2 Å². The van der Waals surface area contributed by atoms with Crippen LogP contribution in [0.25, 0.3) is 10.8 Å². The van der Waals surface area contributed by atoms with Crippen molar-refractivity contribution in [2.45, 2.75) is 37.5 Å². The summed E-state index contributed by atoms with van der Waals surface area (Å²) in [5.74, 6) is 0.473. The Labute approximate surface area is 214 Å². The Morgan fingerprint density at radius 2 is 1.94 bits per heavy atom. The largest absolute Gasteiger partial charge is 0.494 e. The number of benzene rings is 3. The number of ether oxygens (including phenoxy) is 2. The Kier molecular flexibility index (Phi) is 7.53. The van der Waals surface area contributed by atoms with Crippen LogP contribution in [0, 0.1) is 0 Å². The van der Waals surface area contributed by atoms with Crippen LogP contribution in [0.2, 0.25) is 0 Å². The number of anilines is 1. The second-order valence-corrected chi connectivity index (χ2v) is 9.96. The van der Waals surface area contributed by atoms with Crippen LogP contribution in [-0.2, 0) is 14.3 Å². The molecular weight excluding hydrogens is 474 g/mol. The van der Waals surface area contributed by atoms with Crippen molar-refractivity contribution in [3.05, 3.63) is 66.7 Å². The quantitative estimate of drug-likeness (QED) is 0.447. The van der Waals surface area contributed by atoms with Gasteiger partial charge < -0.3 is 14.8 Å². The molecule has 186 valence electrons. The van der Waals surface area contributed by atoms with Crippen molar-refractivity contribution >= 4 is 50.9 Å². The van der Waals surface area contributed by atoms with E-state index < -0.39 is 5.25 Å². The highest BCUT2D eigenvalue weighted by atomic mass is 32.2. The van der Waals surface area contributed by atoms with Gasteiger partial charge in [0, 0.05) is 24.1 Å². The molecule has 0 saturated carbocycles. The van der Waals surface area contributed by atoms with E-state index in [1.165, 1.54) is 11.8 Å². The minimum absolute atomic E-state index is 0.0108. The van der Waals surface area contributed by atoms with Crippen molar-refractivity contribution in [1.29, 1.82) is 0 Å². The standard InChI is InChI=1S/C28H29N3O4S/c1-2-34-21-14-12-20(13-15-21)29-28-31(18-22-9-6-16-35-22)27(33)25(36-28)17-26(32)30-24-11-5-8-19-7-3-4-10-23(19)24/h3-5,7-8,10-15,22,25H,2,6,9,16-18H2,1H3,(H,30,32)/t22-,25+/m0/s1. The number of thioether (sulfide) groups is 1. The van der Waals surface area contributed by atoms with Gasteiger partial charge in [-0.05, 0) is 55.5 Å². The maximum atomic E-state index is 13.4. The summed E-state index contributed by atoms with van der Waals surface area (Å²) in [5.41, 5.74) is 1.47. The molecule has 0 radical (unpaired) electrons. The number of aliphatic imine (C=N–C) groups is 1. The molecule has 1 N–H and O–H groups in total. The second kappa shape index (κ2) is 11.1. The molecule has 0 unspecified atom stereocenters. The lowest BCUT2D eigenvalue weighted by molar-refractivity contribution is -0.129. The fourth-order valence-electron chi connectivity index (χ4n) is 4.48. The highest BCUT2D eigenvalue weighted by molar-refractivity contribution is 8.15. The molecule has 2 saturated heterocycles. The number of carbonyl (C=O) groups excluding carboxylic acids is 2. The van der Waals surface area contributed by atoms with Crippen LogP contribution in [0.5, 0.6) is 5.75 Å². The number of nitrogens with zero attached hydrogens (tertiary/aromatic N) is 2. The van der Waals surface area contributed by atoms with Crippen LogP contribution in [0.3, 0.4) is 0 Å². The summed E-state index contributed by atoms with van der Waals surface area (Å²) < 4.78 is 11.3. The minimum Gasteiger partial charge on any atom is -0.494 e. The lowest BCUT2D eigenvalue weighted by atomic mass is 10.1. The molecule has 0 spiro atoms. The van der Waals surface area contributed by atoms with Crippen LogP contribution in [-0.4, -0.2) is 53.0 Å². The SMILES string of the molecule is CCOc1ccc(N=C2S[C@H](CC(=O)Nc3cccc4ccccc34)C(=O)N2C[C@@H]2CCCO2)cc1. The Morgan fingerprint density at radius 1 is 1.14 bits per heavy atom. The highest BCUT2D eigenvalue weighted by Crippen LogP contribution is 2.34. The van der Waals surface area contributed by atoms with E-state index in [-0.39, 0.29) is 24.3 Å². The Hall–Kier alpha value is -3.36. The summed E-state index contributed by atoms with van der Waals surface area (Å²) in [4.78, 5) is 32.8. The monoisotopic (exact) mass is 503 g/mol. The van der Waals surface area contributed by atoms with E-state index in [9.17, 15) is 9.59 Å². The number of nitrogens with one attached hydrogen (secondary N) is 1. The van der Waals surface area contributed by atoms with E-state index in [1.54, 1.807) is 4.90 Å². The van der Waals surface area contributed by atoms with Crippen LogP contribution < -0.4 is 10.1 Å². The molecule has 36 heavy (non-hydrogen) atoms. The first-order valence-electron chi connectivity index (χ1n) is 12.3. The average Bonchev–Trinajstić information content (AvgIpc) is 3.50. The molecule has 2 aliphatic rings.